The van der Waals surface area contributed by atoms with E-state index in [1.165, 1.54) is 0 Å². The number of hydrogen-bond acceptors (Lipinski definition) is 2. The van der Waals surface area contributed by atoms with Crippen LogP contribution in [0.5, 0.6) is 0 Å². The summed E-state index contributed by atoms with van der Waals surface area (Å²) in [7, 11) is 1.99. The molecule has 3 rings (SSSR count). The Morgan fingerprint density at radius 1 is 1.00 bits per heavy atom. The van der Waals surface area contributed by atoms with E-state index < -0.39 is 5.41 Å². The van der Waals surface area contributed by atoms with Crippen LogP contribution in [0.2, 0.25) is 0 Å². The number of amides is 1. The van der Waals surface area contributed by atoms with Gasteiger partial charge in [-0.3, -0.25) is 4.79 Å². The molecule has 2 aromatic rings. The van der Waals surface area contributed by atoms with Gasteiger partial charge in [0, 0.05) is 6.04 Å². The van der Waals surface area contributed by atoms with Crippen LogP contribution in [0.3, 0.4) is 0 Å². The van der Waals surface area contributed by atoms with E-state index in [4.69, 9.17) is 5.73 Å². The number of rotatable bonds is 5. The molecule has 0 aliphatic heterocycles. The molecule has 1 aliphatic carbocycles. The second-order valence-electron chi connectivity index (χ2n) is 6.40. The molecule has 0 radical (unpaired) electrons. The van der Waals surface area contributed by atoms with Crippen LogP contribution in [-0.2, 0) is 10.2 Å². The Kier molecular flexibility index (Phi) is 6.03. The lowest BCUT2D eigenvalue weighted by Gasteiger charge is -2.37. The molecule has 0 bridgehead atoms. The second kappa shape index (κ2) is 7.82. The van der Waals surface area contributed by atoms with Gasteiger partial charge in [-0.05, 0) is 43.4 Å². The van der Waals surface area contributed by atoms with Crippen LogP contribution in [-0.4, -0.2) is 19.0 Å². The van der Waals surface area contributed by atoms with Crippen LogP contribution < -0.4 is 11.1 Å². The van der Waals surface area contributed by atoms with Crippen molar-refractivity contribution < 1.29 is 4.79 Å². The molecule has 1 fully saturated rings. The van der Waals surface area contributed by atoms with E-state index in [0.717, 1.165) is 30.4 Å². The molecular formula is C20H25ClN2O. The minimum atomic E-state index is -0.756. The van der Waals surface area contributed by atoms with Crippen molar-refractivity contribution in [3.05, 3.63) is 71.8 Å². The molecule has 2 aromatic carbocycles. The number of nitrogens with two attached hydrogens (primary N) is 1. The molecule has 2 atom stereocenters. The number of carbonyl (C=O) groups excluding carboxylic acids is 1. The molecule has 0 heterocycles. The third-order valence-electron chi connectivity index (χ3n) is 5.30. The van der Waals surface area contributed by atoms with Gasteiger partial charge in [-0.2, -0.15) is 0 Å². The number of benzene rings is 2. The standard InChI is InChI=1S/C20H24N2O.ClH/c1-22-18-13-12-17(14-18)20(19(21)23,15-8-4-2-5-9-15)16-10-6-3-7-11-16;/h2-11,17-18,22H,12-14H2,1H3,(H2,21,23);1H. The van der Waals surface area contributed by atoms with E-state index in [2.05, 4.69) is 5.32 Å². The summed E-state index contributed by atoms with van der Waals surface area (Å²) in [6.45, 7) is 0. The minimum Gasteiger partial charge on any atom is -0.369 e. The Hall–Kier alpha value is -1.84. The lowest BCUT2D eigenvalue weighted by Crippen LogP contribution is -2.48. The maximum Gasteiger partial charge on any atom is 0.232 e. The van der Waals surface area contributed by atoms with Crippen LogP contribution in [0, 0.1) is 5.92 Å². The lowest BCUT2D eigenvalue weighted by atomic mass is 9.64. The smallest absolute Gasteiger partial charge is 0.232 e. The van der Waals surface area contributed by atoms with Gasteiger partial charge in [-0.25, -0.2) is 0 Å². The van der Waals surface area contributed by atoms with Crippen LogP contribution in [0.4, 0.5) is 0 Å². The van der Waals surface area contributed by atoms with Crippen molar-refractivity contribution in [1.29, 1.82) is 0 Å². The fraction of sp³-hybridized carbons (Fsp3) is 0.350. The molecule has 3 nitrogen and oxygen atoms in total. The van der Waals surface area contributed by atoms with Gasteiger partial charge in [0.25, 0.3) is 0 Å². The van der Waals surface area contributed by atoms with Gasteiger partial charge in [-0.1, -0.05) is 60.7 Å². The van der Waals surface area contributed by atoms with E-state index in [9.17, 15) is 4.79 Å². The van der Waals surface area contributed by atoms with Crippen molar-refractivity contribution >= 4 is 18.3 Å². The van der Waals surface area contributed by atoms with Gasteiger partial charge in [0.1, 0.15) is 5.41 Å². The number of carbonyl (C=O) groups is 1. The van der Waals surface area contributed by atoms with Gasteiger partial charge < -0.3 is 11.1 Å². The van der Waals surface area contributed by atoms with Crippen LogP contribution in [0.15, 0.2) is 60.7 Å². The number of nitrogens with one attached hydrogen (secondary N) is 1. The number of hydrogen-bond donors (Lipinski definition) is 2. The van der Waals surface area contributed by atoms with Crippen LogP contribution in [0.1, 0.15) is 30.4 Å². The molecule has 0 aromatic heterocycles. The van der Waals surface area contributed by atoms with Gasteiger partial charge in [0.2, 0.25) is 5.91 Å². The molecule has 3 N–H and O–H groups in total. The fourth-order valence-corrected chi connectivity index (χ4v) is 4.16. The second-order valence-corrected chi connectivity index (χ2v) is 6.40. The highest BCUT2D eigenvalue weighted by molar-refractivity contribution is 5.91. The maximum absolute atomic E-state index is 12.8. The summed E-state index contributed by atoms with van der Waals surface area (Å²) in [5, 5.41) is 3.36. The maximum atomic E-state index is 12.8. The zero-order valence-electron chi connectivity index (χ0n) is 13.9. The monoisotopic (exact) mass is 344 g/mol. The summed E-state index contributed by atoms with van der Waals surface area (Å²) < 4.78 is 0. The fourth-order valence-electron chi connectivity index (χ4n) is 4.16. The first kappa shape index (κ1) is 18.5. The Morgan fingerprint density at radius 3 is 1.88 bits per heavy atom. The molecule has 1 amide bonds. The largest absolute Gasteiger partial charge is 0.369 e. The Labute approximate surface area is 150 Å². The highest BCUT2D eigenvalue weighted by atomic mass is 35.5. The third kappa shape index (κ3) is 3.06. The quantitative estimate of drug-likeness (QED) is 0.874. The van der Waals surface area contributed by atoms with E-state index in [1.807, 2.05) is 67.7 Å². The summed E-state index contributed by atoms with van der Waals surface area (Å²) in [6, 6.07) is 20.5. The van der Waals surface area contributed by atoms with E-state index >= 15 is 0 Å². The molecule has 24 heavy (non-hydrogen) atoms. The first-order valence-corrected chi connectivity index (χ1v) is 8.27. The van der Waals surface area contributed by atoms with Crippen molar-refractivity contribution in [2.24, 2.45) is 11.7 Å². The Morgan fingerprint density at radius 2 is 1.50 bits per heavy atom. The first-order valence-electron chi connectivity index (χ1n) is 8.27. The van der Waals surface area contributed by atoms with Gasteiger partial charge in [-0.15, -0.1) is 12.4 Å². The summed E-state index contributed by atoms with van der Waals surface area (Å²) in [6.07, 6.45) is 3.04. The van der Waals surface area contributed by atoms with Gasteiger partial charge >= 0.3 is 0 Å². The molecule has 0 saturated heterocycles. The minimum absolute atomic E-state index is 0. The Balaban J connectivity index is 0.00000208. The number of primary amides is 1. The molecule has 4 heteroatoms. The van der Waals surface area contributed by atoms with E-state index in [-0.39, 0.29) is 24.2 Å². The van der Waals surface area contributed by atoms with Crippen molar-refractivity contribution in [3.8, 4) is 0 Å². The molecule has 128 valence electrons. The first-order chi connectivity index (χ1) is 11.2. The van der Waals surface area contributed by atoms with E-state index in [0.29, 0.717) is 6.04 Å². The third-order valence-corrected chi connectivity index (χ3v) is 5.30. The lowest BCUT2D eigenvalue weighted by molar-refractivity contribution is -0.123. The predicted octanol–water partition coefficient (Wildman–Crippen LogP) is 3.27. The summed E-state index contributed by atoms with van der Waals surface area (Å²) >= 11 is 0. The van der Waals surface area contributed by atoms with E-state index in [1.54, 1.807) is 0 Å². The zero-order valence-corrected chi connectivity index (χ0v) is 14.8. The molecule has 1 aliphatic rings. The Bertz CT molecular complexity index is 620. The van der Waals surface area contributed by atoms with Crippen LogP contribution in [0.25, 0.3) is 0 Å². The van der Waals surface area contributed by atoms with Crippen molar-refractivity contribution in [2.75, 3.05) is 7.05 Å². The highest BCUT2D eigenvalue weighted by Gasteiger charge is 2.49. The van der Waals surface area contributed by atoms with Crippen molar-refractivity contribution in [1.82, 2.24) is 5.32 Å². The van der Waals surface area contributed by atoms with Crippen LogP contribution >= 0.6 is 12.4 Å². The average molecular weight is 345 g/mol. The SMILES string of the molecule is CNC1CCC(C(C(N)=O)(c2ccccc2)c2ccccc2)C1.Cl. The van der Waals surface area contributed by atoms with Gasteiger partial charge in [0.05, 0.1) is 0 Å². The summed E-state index contributed by atoms with van der Waals surface area (Å²) in [5.74, 6) is -0.0427. The molecule has 0 spiro atoms. The highest BCUT2D eigenvalue weighted by Crippen LogP contribution is 2.46. The molecular weight excluding hydrogens is 320 g/mol. The molecule has 1 saturated carbocycles. The summed E-state index contributed by atoms with van der Waals surface area (Å²) in [5.41, 5.74) is 7.29. The predicted molar refractivity (Wildman–Crippen MR) is 100 cm³/mol. The zero-order chi connectivity index (χ0) is 16.3. The van der Waals surface area contributed by atoms with Gasteiger partial charge in [0.15, 0.2) is 0 Å². The topological polar surface area (TPSA) is 55.1 Å². The average Bonchev–Trinajstić information content (AvgIpc) is 3.06. The van der Waals surface area contributed by atoms with Crippen molar-refractivity contribution in [3.63, 3.8) is 0 Å². The number of halogens is 1. The molecule has 2 unspecified atom stereocenters. The normalized spacial score (nSPS) is 20.4. The summed E-state index contributed by atoms with van der Waals surface area (Å²) in [4.78, 5) is 12.8. The van der Waals surface area contributed by atoms with Crippen molar-refractivity contribution in [2.45, 2.75) is 30.7 Å².